The van der Waals surface area contributed by atoms with E-state index in [1.807, 2.05) is 38.4 Å². The van der Waals surface area contributed by atoms with E-state index in [-0.39, 0.29) is 0 Å². The fourth-order valence-corrected chi connectivity index (χ4v) is 3.03. The lowest BCUT2D eigenvalue weighted by Gasteiger charge is -2.11. The van der Waals surface area contributed by atoms with Crippen LogP contribution >= 0.6 is 11.6 Å². The van der Waals surface area contributed by atoms with Gasteiger partial charge in [0, 0.05) is 30.2 Å². The zero-order valence-corrected chi connectivity index (χ0v) is 13.6. The summed E-state index contributed by atoms with van der Waals surface area (Å²) in [6.07, 6.45) is 3.08. The Kier molecular flexibility index (Phi) is 4.30. The highest BCUT2D eigenvalue weighted by molar-refractivity contribution is 6.35. The average Bonchev–Trinajstić information content (AvgIpc) is 2.66. The predicted molar refractivity (Wildman–Crippen MR) is 93.9 cm³/mol. The minimum atomic E-state index is 0.702. The maximum absolute atomic E-state index is 6.39. The average molecular weight is 311 g/mol. The standard InChI is InChI=1S/C19H19ClN2/c1-22(2)13-14-11-15-7-3-4-8-16(15)19(21-12-14)17-9-5-6-10-18(17)20/h3-10,13H,11-12H2,1-2H3. The van der Waals surface area contributed by atoms with Crippen LogP contribution in [0.2, 0.25) is 5.02 Å². The Morgan fingerprint density at radius 1 is 1.00 bits per heavy atom. The van der Waals surface area contributed by atoms with Crippen molar-refractivity contribution >= 4 is 17.3 Å². The summed E-state index contributed by atoms with van der Waals surface area (Å²) in [6, 6.07) is 16.4. The molecule has 1 aliphatic heterocycles. The molecule has 112 valence electrons. The Morgan fingerprint density at radius 2 is 1.68 bits per heavy atom. The van der Waals surface area contributed by atoms with Crippen LogP contribution in [0.3, 0.4) is 0 Å². The largest absolute Gasteiger partial charge is 0.383 e. The summed E-state index contributed by atoms with van der Waals surface area (Å²) in [6.45, 7) is 0.702. The lowest BCUT2D eigenvalue weighted by molar-refractivity contribution is 0.555. The summed E-state index contributed by atoms with van der Waals surface area (Å²) >= 11 is 6.39. The van der Waals surface area contributed by atoms with Crippen LogP contribution in [0.15, 0.2) is 65.3 Å². The molecule has 0 radical (unpaired) electrons. The highest BCUT2D eigenvalue weighted by Crippen LogP contribution is 2.26. The topological polar surface area (TPSA) is 15.6 Å². The fraction of sp³-hybridized carbons (Fsp3) is 0.211. The van der Waals surface area contributed by atoms with Crippen molar-refractivity contribution < 1.29 is 0 Å². The number of aliphatic imine (C=N–C) groups is 1. The number of nitrogens with zero attached hydrogens (tertiary/aromatic N) is 2. The molecule has 3 heteroatoms. The number of fused-ring (bicyclic) bond motifs is 1. The molecule has 0 amide bonds. The number of benzene rings is 2. The summed E-state index contributed by atoms with van der Waals surface area (Å²) < 4.78 is 0. The van der Waals surface area contributed by atoms with Crippen LogP contribution in [0.4, 0.5) is 0 Å². The maximum atomic E-state index is 6.39. The SMILES string of the molecule is CN(C)C=C1CN=C(c2ccccc2Cl)c2ccccc2C1. The first-order valence-corrected chi connectivity index (χ1v) is 7.76. The molecule has 1 aliphatic rings. The Hall–Kier alpha value is -2.06. The molecule has 2 aromatic rings. The van der Waals surface area contributed by atoms with Gasteiger partial charge in [-0.05, 0) is 29.8 Å². The Bertz CT molecular complexity index is 745. The molecule has 0 unspecified atom stereocenters. The van der Waals surface area contributed by atoms with Crippen molar-refractivity contribution in [1.82, 2.24) is 4.90 Å². The van der Waals surface area contributed by atoms with Crippen LogP contribution in [0, 0.1) is 0 Å². The van der Waals surface area contributed by atoms with Crippen molar-refractivity contribution in [2.45, 2.75) is 6.42 Å². The van der Waals surface area contributed by atoms with Crippen LogP contribution in [0.1, 0.15) is 16.7 Å². The quantitative estimate of drug-likeness (QED) is 0.812. The summed E-state index contributed by atoms with van der Waals surface area (Å²) in [5, 5.41) is 0.746. The summed E-state index contributed by atoms with van der Waals surface area (Å²) in [5.41, 5.74) is 5.77. The van der Waals surface area contributed by atoms with E-state index in [2.05, 4.69) is 35.4 Å². The molecule has 0 aliphatic carbocycles. The van der Waals surface area contributed by atoms with Gasteiger partial charge in [-0.2, -0.15) is 0 Å². The molecule has 2 nitrogen and oxygen atoms in total. The number of hydrogen-bond acceptors (Lipinski definition) is 2. The number of rotatable bonds is 2. The molecule has 2 aromatic carbocycles. The van der Waals surface area contributed by atoms with Gasteiger partial charge in [-0.3, -0.25) is 4.99 Å². The van der Waals surface area contributed by atoms with Gasteiger partial charge in [0.2, 0.25) is 0 Å². The van der Waals surface area contributed by atoms with Crippen molar-refractivity contribution in [3.05, 3.63) is 82.0 Å². The first-order valence-electron chi connectivity index (χ1n) is 7.39. The van der Waals surface area contributed by atoms with Crippen molar-refractivity contribution in [2.75, 3.05) is 20.6 Å². The van der Waals surface area contributed by atoms with Gasteiger partial charge in [0.05, 0.1) is 12.3 Å². The lowest BCUT2D eigenvalue weighted by Crippen LogP contribution is -2.06. The van der Waals surface area contributed by atoms with Gasteiger partial charge in [-0.15, -0.1) is 0 Å². The first kappa shape index (κ1) is 14.9. The molecular formula is C19H19ClN2. The molecule has 0 saturated carbocycles. The third-order valence-corrected chi connectivity index (χ3v) is 4.03. The minimum Gasteiger partial charge on any atom is -0.383 e. The molecule has 0 N–H and O–H groups in total. The second-order valence-electron chi connectivity index (χ2n) is 5.73. The number of hydrogen-bond donors (Lipinski definition) is 0. The Labute approximate surface area is 136 Å². The molecule has 22 heavy (non-hydrogen) atoms. The van der Waals surface area contributed by atoms with Crippen LogP contribution < -0.4 is 0 Å². The third kappa shape index (κ3) is 3.07. The van der Waals surface area contributed by atoms with E-state index in [9.17, 15) is 0 Å². The van der Waals surface area contributed by atoms with Gasteiger partial charge in [0.15, 0.2) is 0 Å². The normalized spacial score (nSPS) is 16.0. The second kappa shape index (κ2) is 6.37. The molecule has 0 fully saturated rings. The molecular weight excluding hydrogens is 292 g/mol. The molecule has 0 spiro atoms. The van der Waals surface area contributed by atoms with Crippen LogP contribution in [-0.4, -0.2) is 31.3 Å². The van der Waals surface area contributed by atoms with Gasteiger partial charge in [0.1, 0.15) is 0 Å². The molecule has 0 saturated heterocycles. The van der Waals surface area contributed by atoms with Gasteiger partial charge in [0.25, 0.3) is 0 Å². The van der Waals surface area contributed by atoms with E-state index in [1.165, 1.54) is 16.7 Å². The van der Waals surface area contributed by atoms with Gasteiger partial charge in [-0.1, -0.05) is 54.1 Å². The molecule has 0 aromatic heterocycles. The van der Waals surface area contributed by atoms with E-state index in [4.69, 9.17) is 16.6 Å². The van der Waals surface area contributed by atoms with E-state index < -0.39 is 0 Å². The zero-order chi connectivity index (χ0) is 15.5. The summed E-state index contributed by atoms with van der Waals surface area (Å²) in [5.74, 6) is 0. The van der Waals surface area contributed by atoms with Gasteiger partial charge in [-0.25, -0.2) is 0 Å². The maximum Gasteiger partial charge on any atom is 0.0740 e. The second-order valence-corrected chi connectivity index (χ2v) is 6.14. The van der Waals surface area contributed by atoms with Crippen LogP contribution in [0.25, 0.3) is 0 Å². The van der Waals surface area contributed by atoms with E-state index in [0.29, 0.717) is 6.54 Å². The Morgan fingerprint density at radius 3 is 2.41 bits per heavy atom. The smallest absolute Gasteiger partial charge is 0.0740 e. The van der Waals surface area contributed by atoms with Crippen LogP contribution in [0.5, 0.6) is 0 Å². The van der Waals surface area contributed by atoms with Gasteiger partial charge >= 0.3 is 0 Å². The molecule has 0 atom stereocenters. The van der Waals surface area contributed by atoms with E-state index >= 15 is 0 Å². The molecule has 1 heterocycles. The molecule has 0 bridgehead atoms. The van der Waals surface area contributed by atoms with Crippen molar-refractivity contribution in [1.29, 1.82) is 0 Å². The van der Waals surface area contributed by atoms with Crippen molar-refractivity contribution in [3.63, 3.8) is 0 Å². The van der Waals surface area contributed by atoms with E-state index in [1.54, 1.807) is 0 Å². The van der Waals surface area contributed by atoms with Gasteiger partial charge < -0.3 is 4.90 Å². The minimum absolute atomic E-state index is 0.702. The number of halogens is 1. The van der Waals surface area contributed by atoms with Crippen molar-refractivity contribution in [2.24, 2.45) is 4.99 Å². The van der Waals surface area contributed by atoms with E-state index in [0.717, 1.165) is 22.7 Å². The Balaban J connectivity index is 2.14. The summed E-state index contributed by atoms with van der Waals surface area (Å²) in [7, 11) is 4.09. The molecule has 3 rings (SSSR count). The summed E-state index contributed by atoms with van der Waals surface area (Å²) in [4.78, 5) is 6.94. The predicted octanol–water partition coefficient (Wildman–Crippen LogP) is 4.18. The van der Waals surface area contributed by atoms with Crippen LogP contribution in [-0.2, 0) is 6.42 Å². The highest BCUT2D eigenvalue weighted by atomic mass is 35.5. The highest BCUT2D eigenvalue weighted by Gasteiger charge is 2.18. The third-order valence-electron chi connectivity index (χ3n) is 3.70. The lowest BCUT2D eigenvalue weighted by atomic mass is 9.95. The van der Waals surface area contributed by atoms with Crippen molar-refractivity contribution in [3.8, 4) is 0 Å². The fourth-order valence-electron chi connectivity index (χ4n) is 2.81. The zero-order valence-electron chi connectivity index (χ0n) is 12.9. The first-order chi connectivity index (χ1) is 10.6. The monoisotopic (exact) mass is 310 g/mol.